The second kappa shape index (κ2) is 13.2. The van der Waals surface area contributed by atoms with Crippen LogP contribution < -0.4 is 0 Å². The highest BCUT2D eigenvalue weighted by Crippen LogP contribution is 2.43. The van der Waals surface area contributed by atoms with E-state index < -0.39 is 5.41 Å². The highest BCUT2D eigenvalue weighted by Gasteiger charge is 2.43. The van der Waals surface area contributed by atoms with Crippen LogP contribution >= 0.6 is 0 Å². The zero-order valence-electron chi connectivity index (χ0n) is 20.9. The van der Waals surface area contributed by atoms with Gasteiger partial charge in [-0.3, -0.25) is 4.79 Å². The van der Waals surface area contributed by atoms with Crippen molar-refractivity contribution in [2.24, 2.45) is 5.41 Å². The Morgan fingerprint density at radius 2 is 1.65 bits per heavy atom. The Hall–Kier alpha value is -2.74. The van der Waals surface area contributed by atoms with Crippen molar-refractivity contribution in [3.63, 3.8) is 0 Å². The highest BCUT2D eigenvalue weighted by atomic mass is 16.5. The first kappa shape index (κ1) is 25.9. The maximum Gasteiger partial charge on any atom is 0.326 e. The molecule has 1 aromatic heterocycles. The number of ether oxygens (including phenoxy) is 1. The Labute approximate surface area is 205 Å². The minimum atomic E-state index is -0.976. The van der Waals surface area contributed by atoms with Gasteiger partial charge in [-0.15, -0.1) is 0 Å². The minimum Gasteiger partial charge on any atom is -0.465 e. The van der Waals surface area contributed by atoms with Crippen LogP contribution in [-0.4, -0.2) is 22.5 Å². The highest BCUT2D eigenvalue weighted by molar-refractivity contribution is 5.80. The Kier molecular flexibility index (Phi) is 10.1. The van der Waals surface area contributed by atoms with E-state index in [0.717, 1.165) is 43.5 Å². The summed E-state index contributed by atoms with van der Waals surface area (Å²) in [5, 5.41) is 9.72. The molecule has 0 atom stereocenters. The standard InChI is InChI=1S/C29H39N3O2/c1-3-5-7-8-9-10-23-20-31-27(32-21-23)26-13-11-24(12-14-26)25-15-17-29(22-30,18-16-25)28(33)34-19-6-4-2/h11-14,20-21,25H,3-10,15-19H2,1-2H3/t25-,29+. The number of benzene rings is 1. The fourth-order valence-corrected chi connectivity index (χ4v) is 4.72. The molecule has 1 aliphatic carbocycles. The number of esters is 1. The molecule has 1 aliphatic rings. The number of unbranched alkanes of at least 4 members (excludes halogenated alkanes) is 5. The lowest BCUT2D eigenvalue weighted by Gasteiger charge is -2.33. The van der Waals surface area contributed by atoms with Crippen LogP contribution in [0, 0.1) is 16.7 Å². The van der Waals surface area contributed by atoms with Crippen LogP contribution in [0.4, 0.5) is 0 Å². The van der Waals surface area contributed by atoms with Crippen molar-refractivity contribution in [2.45, 2.75) is 96.8 Å². The molecule has 0 N–H and O–H groups in total. The molecule has 0 aliphatic heterocycles. The Balaban J connectivity index is 1.53. The second-order valence-corrected chi connectivity index (χ2v) is 9.66. The van der Waals surface area contributed by atoms with Crippen LogP contribution in [0.2, 0.25) is 0 Å². The topological polar surface area (TPSA) is 75.9 Å². The quantitative estimate of drug-likeness (QED) is 0.247. The largest absolute Gasteiger partial charge is 0.465 e. The van der Waals surface area contributed by atoms with Crippen LogP contribution in [0.15, 0.2) is 36.7 Å². The van der Waals surface area contributed by atoms with E-state index in [1.807, 2.05) is 12.4 Å². The molecule has 5 heteroatoms. The van der Waals surface area contributed by atoms with E-state index in [-0.39, 0.29) is 5.97 Å². The molecule has 1 fully saturated rings. The van der Waals surface area contributed by atoms with E-state index in [2.05, 4.69) is 54.2 Å². The third kappa shape index (κ3) is 6.88. The number of hydrogen-bond acceptors (Lipinski definition) is 5. The molecule has 1 heterocycles. The Morgan fingerprint density at radius 1 is 1.00 bits per heavy atom. The van der Waals surface area contributed by atoms with Gasteiger partial charge in [-0.05, 0) is 62.0 Å². The van der Waals surface area contributed by atoms with E-state index in [1.54, 1.807) is 0 Å². The van der Waals surface area contributed by atoms with Crippen molar-refractivity contribution in [1.29, 1.82) is 5.26 Å². The van der Waals surface area contributed by atoms with Crippen LogP contribution in [0.3, 0.4) is 0 Å². The SMILES string of the molecule is CCCCCCCc1cnc(-c2ccc([C@H]3CC[C@@](C#N)(C(=O)OCCCC)CC3)cc2)nc1. The summed E-state index contributed by atoms with van der Waals surface area (Å²) >= 11 is 0. The molecule has 0 bridgehead atoms. The summed E-state index contributed by atoms with van der Waals surface area (Å²) in [5.74, 6) is 0.775. The van der Waals surface area contributed by atoms with E-state index in [0.29, 0.717) is 25.4 Å². The third-order valence-corrected chi connectivity index (χ3v) is 7.09. The van der Waals surface area contributed by atoms with Gasteiger partial charge in [0.05, 0.1) is 12.7 Å². The van der Waals surface area contributed by atoms with Crippen molar-refractivity contribution in [3.8, 4) is 17.5 Å². The number of nitriles is 1. The first-order valence-corrected chi connectivity index (χ1v) is 13.1. The first-order chi connectivity index (χ1) is 16.6. The number of aromatic nitrogens is 2. The Morgan fingerprint density at radius 3 is 2.26 bits per heavy atom. The number of nitrogens with zero attached hydrogens (tertiary/aromatic N) is 3. The molecule has 0 unspecified atom stereocenters. The van der Waals surface area contributed by atoms with Crippen LogP contribution in [-0.2, 0) is 16.0 Å². The average molecular weight is 462 g/mol. The summed E-state index contributed by atoms with van der Waals surface area (Å²) in [6.45, 7) is 4.70. The molecule has 0 saturated heterocycles. The molecule has 1 saturated carbocycles. The van der Waals surface area contributed by atoms with Gasteiger partial charge in [-0.1, -0.05) is 70.2 Å². The summed E-state index contributed by atoms with van der Waals surface area (Å²) in [6.07, 6.45) is 15.9. The predicted molar refractivity (Wildman–Crippen MR) is 135 cm³/mol. The van der Waals surface area contributed by atoms with Gasteiger partial charge in [-0.2, -0.15) is 5.26 Å². The van der Waals surface area contributed by atoms with Crippen molar-refractivity contribution >= 4 is 5.97 Å². The lowest BCUT2D eigenvalue weighted by Crippen LogP contribution is -2.35. The lowest BCUT2D eigenvalue weighted by atomic mass is 9.69. The summed E-state index contributed by atoms with van der Waals surface area (Å²) < 4.78 is 5.39. The summed E-state index contributed by atoms with van der Waals surface area (Å²) in [5.41, 5.74) is 2.49. The van der Waals surface area contributed by atoms with Crippen molar-refractivity contribution in [2.75, 3.05) is 6.61 Å². The van der Waals surface area contributed by atoms with Gasteiger partial charge in [0.25, 0.3) is 0 Å². The molecule has 1 aromatic carbocycles. The summed E-state index contributed by atoms with van der Waals surface area (Å²) in [6, 6.07) is 10.7. The Bertz CT molecular complexity index is 923. The van der Waals surface area contributed by atoms with Crippen LogP contribution in [0.1, 0.15) is 102 Å². The second-order valence-electron chi connectivity index (χ2n) is 9.66. The third-order valence-electron chi connectivity index (χ3n) is 7.09. The number of carbonyl (C=O) groups is 1. The molecular formula is C29H39N3O2. The smallest absolute Gasteiger partial charge is 0.326 e. The predicted octanol–water partition coefficient (Wildman–Crippen LogP) is 7.17. The molecular weight excluding hydrogens is 422 g/mol. The summed E-state index contributed by atoms with van der Waals surface area (Å²) in [7, 11) is 0. The molecule has 2 aromatic rings. The van der Waals surface area contributed by atoms with Gasteiger partial charge in [-0.25, -0.2) is 9.97 Å². The molecule has 182 valence electrons. The van der Waals surface area contributed by atoms with Gasteiger partial charge in [0.1, 0.15) is 0 Å². The van der Waals surface area contributed by atoms with Gasteiger partial charge < -0.3 is 4.74 Å². The number of rotatable bonds is 12. The van der Waals surface area contributed by atoms with Gasteiger partial charge >= 0.3 is 5.97 Å². The van der Waals surface area contributed by atoms with Crippen LogP contribution in [0.5, 0.6) is 0 Å². The maximum atomic E-state index is 12.5. The zero-order chi connectivity index (χ0) is 24.2. The normalized spacial score (nSPS) is 20.0. The number of aryl methyl sites for hydroxylation is 1. The lowest BCUT2D eigenvalue weighted by molar-refractivity contribution is -0.154. The van der Waals surface area contributed by atoms with E-state index >= 15 is 0 Å². The monoisotopic (exact) mass is 461 g/mol. The van der Waals surface area contributed by atoms with E-state index in [9.17, 15) is 10.1 Å². The van der Waals surface area contributed by atoms with Gasteiger partial charge in [0.15, 0.2) is 11.2 Å². The fourth-order valence-electron chi connectivity index (χ4n) is 4.72. The van der Waals surface area contributed by atoms with Crippen molar-refractivity contribution in [3.05, 3.63) is 47.8 Å². The first-order valence-electron chi connectivity index (χ1n) is 13.1. The van der Waals surface area contributed by atoms with E-state index in [1.165, 1.54) is 43.2 Å². The fraction of sp³-hybridized carbons (Fsp3) is 0.586. The van der Waals surface area contributed by atoms with Gasteiger partial charge in [0, 0.05) is 18.0 Å². The maximum absolute atomic E-state index is 12.5. The average Bonchev–Trinajstić information content (AvgIpc) is 2.89. The molecule has 0 spiro atoms. The van der Waals surface area contributed by atoms with E-state index in [4.69, 9.17) is 4.74 Å². The molecule has 0 amide bonds. The van der Waals surface area contributed by atoms with Crippen molar-refractivity contribution in [1.82, 2.24) is 9.97 Å². The number of carbonyl (C=O) groups excluding carboxylic acids is 1. The van der Waals surface area contributed by atoms with Crippen molar-refractivity contribution < 1.29 is 9.53 Å². The molecule has 3 rings (SSSR count). The molecule has 0 radical (unpaired) electrons. The van der Waals surface area contributed by atoms with Gasteiger partial charge in [0.2, 0.25) is 0 Å². The molecule has 34 heavy (non-hydrogen) atoms. The molecule has 5 nitrogen and oxygen atoms in total. The number of hydrogen-bond donors (Lipinski definition) is 0. The minimum absolute atomic E-state index is 0.334. The summed E-state index contributed by atoms with van der Waals surface area (Å²) in [4.78, 5) is 21.7. The van der Waals surface area contributed by atoms with Crippen LogP contribution in [0.25, 0.3) is 11.4 Å². The zero-order valence-corrected chi connectivity index (χ0v) is 20.9.